The van der Waals surface area contributed by atoms with Crippen LogP contribution >= 0.6 is 0 Å². The summed E-state index contributed by atoms with van der Waals surface area (Å²) in [6, 6.07) is -0.613. The molecule has 1 saturated heterocycles. The number of carboxylic acid groups (broad SMARTS) is 1. The summed E-state index contributed by atoms with van der Waals surface area (Å²) in [4.78, 5) is 20.5. The van der Waals surface area contributed by atoms with E-state index in [0.717, 1.165) is 0 Å². The normalized spacial score (nSPS) is 25.8. The standard InChI is InChI=1S/C4H5NO3Se/c6-3(7)2-1-9-4(8)5-2/h2H,1H2,(H,5,8)(H,6,7)/t2-/m1/s1. The number of hydrogen-bond acceptors (Lipinski definition) is 2. The summed E-state index contributed by atoms with van der Waals surface area (Å²) in [6.07, 6.45) is 0. The molecular formula is C4H5NO3Se. The Bertz CT molecular complexity index is 158. The fraction of sp³-hybridized carbons (Fsp3) is 0.500. The van der Waals surface area contributed by atoms with Gasteiger partial charge in [0.15, 0.2) is 0 Å². The van der Waals surface area contributed by atoms with Crippen LogP contribution in [0, 0.1) is 0 Å². The molecule has 5 heteroatoms. The van der Waals surface area contributed by atoms with E-state index in [9.17, 15) is 9.59 Å². The zero-order chi connectivity index (χ0) is 6.85. The van der Waals surface area contributed by atoms with Crippen molar-refractivity contribution < 1.29 is 14.7 Å². The number of hydrogen-bond donors (Lipinski definition) is 2. The van der Waals surface area contributed by atoms with Gasteiger partial charge in [-0.3, -0.25) is 0 Å². The van der Waals surface area contributed by atoms with Gasteiger partial charge in [-0.15, -0.1) is 0 Å². The monoisotopic (exact) mass is 195 g/mol. The van der Waals surface area contributed by atoms with Crippen LogP contribution in [0.25, 0.3) is 0 Å². The number of rotatable bonds is 1. The van der Waals surface area contributed by atoms with Gasteiger partial charge in [-0.05, 0) is 0 Å². The van der Waals surface area contributed by atoms with E-state index in [1.165, 1.54) is 0 Å². The van der Waals surface area contributed by atoms with Gasteiger partial charge < -0.3 is 0 Å². The van der Waals surface area contributed by atoms with Crippen molar-refractivity contribution in [2.45, 2.75) is 11.4 Å². The van der Waals surface area contributed by atoms with Crippen molar-refractivity contribution in [3.8, 4) is 0 Å². The van der Waals surface area contributed by atoms with Gasteiger partial charge in [0.25, 0.3) is 0 Å². The molecule has 9 heavy (non-hydrogen) atoms. The first-order chi connectivity index (χ1) is 4.20. The Morgan fingerprint density at radius 1 is 1.89 bits per heavy atom. The number of carbonyl (C=O) groups excluding carboxylic acids is 1. The maximum atomic E-state index is 10.4. The van der Waals surface area contributed by atoms with E-state index in [1.54, 1.807) is 0 Å². The van der Waals surface area contributed by atoms with Crippen molar-refractivity contribution in [1.82, 2.24) is 5.32 Å². The van der Waals surface area contributed by atoms with Crippen LogP contribution in [0.15, 0.2) is 0 Å². The van der Waals surface area contributed by atoms with Crippen molar-refractivity contribution in [2.24, 2.45) is 0 Å². The van der Waals surface area contributed by atoms with Crippen LogP contribution in [0.3, 0.4) is 0 Å². The minimum absolute atomic E-state index is 0.102. The van der Waals surface area contributed by atoms with Gasteiger partial charge >= 0.3 is 57.1 Å². The Kier molecular flexibility index (Phi) is 1.73. The van der Waals surface area contributed by atoms with Crippen LogP contribution in [-0.4, -0.2) is 36.9 Å². The third kappa shape index (κ3) is 1.43. The third-order valence-electron chi connectivity index (χ3n) is 0.971. The molecule has 0 radical (unpaired) electrons. The van der Waals surface area contributed by atoms with Gasteiger partial charge in [-0.25, -0.2) is 0 Å². The Hall–Kier alpha value is -0.541. The summed E-state index contributed by atoms with van der Waals surface area (Å²) < 4.78 is 0. The Labute approximate surface area is 57.8 Å². The summed E-state index contributed by atoms with van der Waals surface area (Å²) in [5.74, 6) is -0.928. The average Bonchev–Trinajstić information content (AvgIpc) is 2.14. The van der Waals surface area contributed by atoms with Crippen molar-refractivity contribution >= 4 is 25.7 Å². The zero-order valence-electron chi connectivity index (χ0n) is 4.46. The van der Waals surface area contributed by atoms with E-state index in [0.29, 0.717) is 5.32 Å². The summed E-state index contributed by atoms with van der Waals surface area (Å²) in [6.45, 7) is 0. The maximum absolute atomic E-state index is 10.4. The first-order valence-corrected chi connectivity index (χ1v) is 4.43. The fourth-order valence-electron chi connectivity index (χ4n) is 0.518. The van der Waals surface area contributed by atoms with E-state index in [2.05, 4.69) is 5.32 Å². The van der Waals surface area contributed by atoms with E-state index < -0.39 is 12.0 Å². The molecular weight excluding hydrogens is 189 g/mol. The number of carbonyl (C=O) groups is 2. The number of amides is 1. The van der Waals surface area contributed by atoms with E-state index in [1.807, 2.05) is 0 Å². The van der Waals surface area contributed by atoms with Crippen LogP contribution in [0.1, 0.15) is 0 Å². The van der Waals surface area contributed by atoms with E-state index >= 15 is 0 Å². The van der Waals surface area contributed by atoms with Crippen molar-refractivity contribution in [3.63, 3.8) is 0 Å². The molecule has 1 aliphatic heterocycles. The van der Waals surface area contributed by atoms with Gasteiger partial charge in [0.2, 0.25) is 0 Å². The molecule has 50 valence electrons. The minimum atomic E-state index is -0.928. The van der Waals surface area contributed by atoms with E-state index in [-0.39, 0.29) is 19.8 Å². The SMILES string of the molecule is O=C1N[C@@H](C(=O)O)C[Se]1. The predicted octanol–water partition coefficient (Wildman–Crippen LogP) is -0.715. The van der Waals surface area contributed by atoms with Crippen molar-refractivity contribution in [2.75, 3.05) is 0 Å². The fourth-order valence-corrected chi connectivity index (χ4v) is 2.13. The van der Waals surface area contributed by atoms with Crippen LogP contribution < -0.4 is 5.32 Å². The molecule has 1 atom stereocenters. The molecule has 1 aliphatic rings. The number of nitrogens with one attached hydrogen (secondary N) is 1. The van der Waals surface area contributed by atoms with E-state index in [4.69, 9.17) is 5.11 Å². The average molecular weight is 194 g/mol. The second-order valence-corrected chi connectivity index (χ2v) is 3.72. The predicted molar refractivity (Wildman–Crippen MR) is 30.5 cm³/mol. The second-order valence-electron chi connectivity index (χ2n) is 1.63. The van der Waals surface area contributed by atoms with Gasteiger partial charge in [-0.1, -0.05) is 0 Å². The Balaban J connectivity index is 2.48. The van der Waals surface area contributed by atoms with Gasteiger partial charge in [0, 0.05) is 0 Å². The molecule has 1 amide bonds. The molecule has 0 aromatic heterocycles. The van der Waals surface area contributed by atoms with Crippen molar-refractivity contribution in [1.29, 1.82) is 0 Å². The first-order valence-electron chi connectivity index (χ1n) is 2.36. The Morgan fingerprint density at radius 3 is 2.78 bits per heavy atom. The third-order valence-corrected chi connectivity index (χ3v) is 2.82. The summed E-state index contributed by atoms with van der Waals surface area (Å²) in [5.41, 5.74) is 0. The molecule has 0 aliphatic carbocycles. The molecule has 1 heterocycles. The molecule has 0 bridgehead atoms. The van der Waals surface area contributed by atoms with Crippen LogP contribution in [0.4, 0.5) is 4.79 Å². The zero-order valence-corrected chi connectivity index (χ0v) is 6.17. The molecule has 0 aromatic carbocycles. The quantitative estimate of drug-likeness (QED) is 0.541. The summed E-state index contributed by atoms with van der Waals surface area (Å²) in [7, 11) is 0. The topological polar surface area (TPSA) is 66.4 Å². The number of carboxylic acids is 1. The van der Waals surface area contributed by atoms with Crippen molar-refractivity contribution in [3.05, 3.63) is 0 Å². The van der Waals surface area contributed by atoms with Gasteiger partial charge in [-0.2, -0.15) is 0 Å². The van der Waals surface area contributed by atoms with Crippen LogP contribution in [0.2, 0.25) is 5.32 Å². The van der Waals surface area contributed by atoms with Crippen LogP contribution in [0.5, 0.6) is 0 Å². The van der Waals surface area contributed by atoms with Crippen LogP contribution in [-0.2, 0) is 4.79 Å². The molecule has 0 unspecified atom stereocenters. The molecule has 0 saturated carbocycles. The molecule has 2 N–H and O–H groups in total. The first kappa shape index (κ1) is 6.58. The van der Waals surface area contributed by atoms with Gasteiger partial charge in [0.1, 0.15) is 0 Å². The summed E-state index contributed by atoms with van der Waals surface area (Å²) in [5, 5.41) is 11.2. The molecule has 4 nitrogen and oxygen atoms in total. The molecule has 1 rings (SSSR count). The molecule has 0 aromatic rings. The molecule has 0 spiro atoms. The Morgan fingerprint density at radius 2 is 2.56 bits per heavy atom. The second kappa shape index (κ2) is 2.37. The number of aliphatic carboxylic acids is 1. The van der Waals surface area contributed by atoms with Gasteiger partial charge in [0.05, 0.1) is 0 Å². The molecule has 1 fully saturated rings. The summed E-state index contributed by atoms with van der Waals surface area (Å²) >= 11 is -0.150.